The Bertz CT molecular complexity index is 589. The maximum atomic E-state index is 7.57. The third-order valence-electron chi connectivity index (χ3n) is 3.04. The molecule has 0 unspecified atom stereocenters. The van der Waals surface area contributed by atoms with Crippen LogP contribution in [0.2, 0.25) is 0 Å². The van der Waals surface area contributed by atoms with Crippen LogP contribution < -0.4 is 10.6 Å². The molecule has 0 atom stereocenters. The van der Waals surface area contributed by atoms with E-state index in [0.29, 0.717) is 17.9 Å². The van der Waals surface area contributed by atoms with E-state index in [9.17, 15) is 0 Å². The summed E-state index contributed by atoms with van der Waals surface area (Å²) in [6.45, 7) is 2.32. The van der Waals surface area contributed by atoms with Crippen LogP contribution in [-0.2, 0) is 13.1 Å². The van der Waals surface area contributed by atoms with Gasteiger partial charge in [0.1, 0.15) is 11.7 Å². The number of fused-ring (bicyclic) bond motifs is 1. The highest BCUT2D eigenvalue weighted by Crippen LogP contribution is 2.20. The van der Waals surface area contributed by atoms with Crippen molar-refractivity contribution >= 4 is 11.7 Å². The van der Waals surface area contributed by atoms with E-state index in [1.807, 2.05) is 11.1 Å². The quantitative estimate of drug-likeness (QED) is 0.570. The van der Waals surface area contributed by atoms with Crippen molar-refractivity contribution < 1.29 is 0 Å². The highest BCUT2D eigenvalue weighted by molar-refractivity contribution is 5.99. The molecule has 0 radical (unpaired) electrons. The Kier molecular flexibility index (Phi) is 2.44. The molecule has 0 saturated carbocycles. The minimum atomic E-state index is 0.00816. The zero-order valence-electron chi connectivity index (χ0n) is 9.74. The van der Waals surface area contributed by atoms with Gasteiger partial charge in [0.05, 0.1) is 18.3 Å². The molecule has 18 heavy (non-hydrogen) atoms. The normalized spacial score (nSPS) is 14.3. The highest BCUT2D eigenvalue weighted by Gasteiger charge is 2.21. The van der Waals surface area contributed by atoms with E-state index < -0.39 is 0 Å². The van der Waals surface area contributed by atoms with E-state index in [1.165, 1.54) is 0 Å². The minimum absolute atomic E-state index is 0.00816. The summed E-state index contributed by atoms with van der Waals surface area (Å²) in [6.07, 6.45) is 5.31. The van der Waals surface area contributed by atoms with Crippen molar-refractivity contribution in [2.45, 2.75) is 13.1 Å². The van der Waals surface area contributed by atoms with Gasteiger partial charge in [-0.2, -0.15) is 5.10 Å². The number of hydrogen-bond donors (Lipinski definition) is 2. The Morgan fingerprint density at radius 2 is 2.22 bits per heavy atom. The number of imidazole rings is 1. The fraction of sp³-hybridized carbons (Fsp3) is 0.273. The number of nitrogens with zero attached hydrogens (tertiary/aromatic N) is 5. The van der Waals surface area contributed by atoms with Gasteiger partial charge in [0.25, 0.3) is 0 Å². The van der Waals surface area contributed by atoms with E-state index >= 15 is 0 Å². The molecular weight excluding hydrogens is 230 g/mol. The van der Waals surface area contributed by atoms with Crippen LogP contribution in [0.4, 0.5) is 5.82 Å². The molecule has 92 valence electrons. The first-order valence-electron chi connectivity index (χ1n) is 5.67. The van der Waals surface area contributed by atoms with E-state index in [2.05, 4.69) is 19.7 Å². The molecule has 1 aliphatic rings. The summed E-state index contributed by atoms with van der Waals surface area (Å²) in [4.78, 5) is 6.34. The van der Waals surface area contributed by atoms with E-state index in [4.69, 9.17) is 11.1 Å². The SMILES string of the molecule is N=C(N)c1ccnnc1N1CCn2ccnc2C1. The molecule has 0 spiro atoms. The molecule has 3 rings (SSSR count). The van der Waals surface area contributed by atoms with Gasteiger partial charge in [0.2, 0.25) is 0 Å². The smallest absolute Gasteiger partial charge is 0.162 e. The van der Waals surface area contributed by atoms with Crippen LogP contribution in [0.5, 0.6) is 0 Å². The van der Waals surface area contributed by atoms with Crippen molar-refractivity contribution in [1.29, 1.82) is 5.41 Å². The van der Waals surface area contributed by atoms with Crippen LogP contribution in [0.15, 0.2) is 24.7 Å². The Morgan fingerprint density at radius 3 is 3.06 bits per heavy atom. The Labute approximate surface area is 104 Å². The van der Waals surface area contributed by atoms with Crippen molar-refractivity contribution in [2.24, 2.45) is 5.73 Å². The zero-order chi connectivity index (χ0) is 12.5. The van der Waals surface area contributed by atoms with Crippen molar-refractivity contribution in [1.82, 2.24) is 19.7 Å². The van der Waals surface area contributed by atoms with Gasteiger partial charge in [0.15, 0.2) is 5.82 Å². The lowest BCUT2D eigenvalue weighted by atomic mass is 10.2. The zero-order valence-corrected chi connectivity index (χ0v) is 9.74. The third-order valence-corrected chi connectivity index (χ3v) is 3.04. The average molecular weight is 243 g/mol. The van der Waals surface area contributed by atoms with Gasteiger partial charge in [-0.05, 0) is 6.07 Å². The van der Waals surface area contributed by atoms with Crippen LogP contribution in [-0.4, -0.2) is 32.1 Å². The molecule has 0 saturated heterocycles. The second-order valence-corrected chi connectivity index (χ2v) is 4.14. The summed E-state index contributed by atoms with van der Waals surface area (Å²) in [6, 6.07) is 1.71. The molecule has 2 aromatic rings. The molecular formula is C11H13N7. The molecule has 0 aliphatic carbocycles. The van der Waals surface area contributed by atoms with Crippen molar-refractivity contribution in [2.75, 3.05) is 11.4 Å². The molecule has 0 aromatic carbocycles. The topological polar surface area (TPSA) is 96.7 Å². The predicted molar refractivity (Wildman–Crippen MR) is 66.3 cm³/mol. The first kappa shape index (κ1) is 10.7. The standard InChI is InChI=1S/C11H13N7/c12-10(13)8-1-2-15-16-11(8)18-6-5-17-4-3-14-9(17)7-18/h1-4H,5-7H2,(H3,12,13). The summed E-state index contributed by atoms with van der Waals surface area (Å²) in [5, 5.41) is 15.5. The Hall–Kier alpha value is -2.44. The van der Waals surface area contributed by atoms with Gasteiger partial charge in [-0.1, -0.05) is 0 Å². The molecule has 1 aliphatic heterocycles. The van der Waals surface area contributed by atoms with E-state index in [0.717, 1.165) is 18.9 Å². The number of anilines is 1. The number of rotatable bonds is 2. The molecule has 0 fully saturated rings. The first-order valence-corrected chi connectivity index (χ1v) is 5.67. The fourth-order valence-corrected chi connectivity index (χ4v) is 2.12. The summed E-state index contributed by atoms with van der Waals surface area (Å²) in [5.41, 5.74) is 6.18. The van der Waals surface area contributed by atoms with Crippen LogP contribution in [0.25, 0.3) is 0 Å². The summed E-state index contributed by atoms with van der Waals surface area (Å²) in [5.74, 6) is 1.65. The molecule has 7 nitrogen and oxygen atoms in total. The van der Waals surface area contributed by atoms with Gasteiger partial charge in [-0.25, -0.2) is 4.98 Å². The number of nitrogens with two attached hydrogens (primary N) is 1. The molecule has 3 N–H and O–H groups in total. The van der Waals surface area contributed by atoms with Gasteiger partial charge in [0, 0.05) is 25.5 Å². The summed E-state index contributed by atoms with van der Waals surface area (Å²) in [7, 11) is 0. The third kappa shape index (κ3) is 1.69. The van der Waals surface area contributed by atoms with E-state index in [1.54, 1.807) is 18.5 Å². The van der Waals surface area contributed by atoms with Crippen LogP contribution in [0.3, 0.4) is 0 Å². The predicted octanol–water partition coefficient (Wildman–Crippen LogP) is -0.0226. The number of nitrogen functional groups attached to an aromatic ring is 1. The highest BCUT2D eigenvalue weighted by atomic mass is 15.3. The van der Waals surface area contributed by atoms with Gasteiger partial charge in [-0.15, -0.1) is 5.10 Å². The average Bonchev–Trinajstić information content (AvgIpc) is 2.85. The van der Waals surface area contributed by atoms with Crippen LogP contribution >= 0.6 is 0 Å². The largest absolute Gasteiger partial charge is 0.384 e. The fourth-order valence-electron chi connectivity index (χ4n) is 2.12. The van der Waals surface area contributed by atoms with Crippen LogP contribution in [0, 0.1) is 5.41 Å². The number of hydrogen-bond acceptors (Lipinski definition) is 5. The minimum Gasteiger partial charge on any atom is -0.384 e. The maximum absolute atomic E-state index is 7.57. The van der Waals surface area contributed by atoms with Gasteiger partial charge in [-0.3, -0.25) is 5.41 Å². The van der Waals surface area contributed by atoms with E-state index in [-0.39, 0.29) is 5.84 Å². The monoisotopic (exact) mass is 243 g/mol. The summed E-state index contributed by atoms with van der Waals surface area (Å²) < 4.78 is 2.11. The Balaban J connectivity index is 1.95. The second-order valence-electron chi connectivity index (χ2n) is 4.14. The van der Waals surface area contributed by atoms with Gasteiger partial charge >= 0.3 is 0 Å². The van der Waals surface area contributed by atoms with Gasteiger partial charge < -0.3 is 15.2 Å². The van der Waals surface area contributed by atoms with Crippen molar-refractivity contribution in [3.05, 3.63) is 36.0 Å². The molecule has 3 heterocycles. The lowest BCUT2D eigenvalue weighted by molar-refractivity contribution is 0.554. The Morgan fingerprint density at radius 1 is 1.33 bits per heavy atom. The van der Waals surface area contributed by atoms with Crippen molar-refractivity contribution in [3.8, 4) is 0 Å². The molecule has 0 amide bonds. The number of nitrogens with one attached hydrogen (secondary N) is 1. The number of aromatic nitrogens is 4. The molecule has 7 heteroatoms. The number of amidine groups is 1. The maximum Gasteiger partial charge on any atom is 0.162 e. The molecule has 0 bridgehead atoms. The molecule has 2 aromatic heterocycles. The van der Waals surface area contributed by atoms with Crippen LogP contribution in [0.1, 0.15) is 11.4 Å². The lowest BCUT2D eigenvalue weighted by Crippen LogP contribution is -2.35. The lowest BCUT2D eigenvalue weighted by Gasteiger charge is -2.29. The second kappa shape index (κ2) is 4.10. The van der Waals surface area contributed by atoms with Crippen molar-refractivity contribution in [3.63, 3.8) is 0 Å². The first-order chi connectivity index (χ1) is 8.75. The summed E-state index contributed by atoms with van der Waals surface area (Å²) >= 11 is 0.